The molecule has 0 bridgehead atoms. The third-order valence-corrected chi connectivity index (χ3v) is 7.35. The summed E-state index contributed by atoms with van der Waals surface area (Å²) in [6, 6.07) is 7.73. The van der Waals surface area contributed by atoms with Gasteiger partial charge in [-0.1, -0.05) is 35.3 Å². The average molecular weight is 504 g/mol. The van der Waals surface area contributed by atoms with Crippen molar-refractivity contribution in [3.63, 3.8) is 0 Å². The van der Waals surface area contributed by atoms with Crippen molar-refractivity contribution in [3.05, 3.63) is 74.8 Å². The molecule has 0 saturated carbocycles. The summed E-state index contributed by atoms with van der Waals surface area (Å²) in [4.78, 5) is 25.1. The Morgan fingerprint density at radius 1 is 1.09 bits per heavy atom. The van der Waals surface area contributed by atoms with E-state index in [-0.39, 0.29) is 27.0 Å². The number of halogens is 5. The lowest BCUT2D eigenvalue weighted by molar-refractivity contribution is -0.0689. The van der Waals surface area contributed by atoms with Crippen molar-refractivity contribution in [2.45, 2.75) is 25.9 Å². The molecule has 1 fully saturated rings. The third kappa shape index (κ3) is 6.16. The Bertz CT molecular complexity index is 1060. The minimum absolute atomic E-state index is 0.0192. The van der Waals surface area contributed by atoms with E-state index in [0.29, 0.717) is 36.0 Å². The summed E-state index contributed by atoms with van der Waals surface area (Å²) in [5.74, 6) is 0.863. The molecule has 0 aliphatic carbocycles. The highest BCUT2D eigenvalue weighted by molar-refractivity contribution is 7.92. The highest BCUT2D eigenvalue weighted by atomic mass is 35.5. The Balaban J connectivity index is 1.81. The van der Waals surface area contributed by atoms with E-state index >= 15 is 0 Å². The zero-order valence-electron chi connectivity index (χ0n) is 17.0. The summed E-state index contributed by atoms with van der Waals surface area (Å²) in [6.07, 6.45) is -3.28. The average Bonchev–Trinajstić information content (AvgIpc) is 2.66. The minimum atomic E-state index is -4.80. The lowest BCUT2D eigenvalue weighted by Crippen LogP contribution is -2.36. The van der Waals surface area contributed by atoms with E-state index in [1.165, 1.54) is 24.3 Å². The lowest BCUT2D eigenvalue weighted by Gasteiger charge is -2.20. The van der Waals surface area contributed by atoms with E-state index in [0.717, 1.165) is 23.6 Å². The van der Waals surface area contributed by atoms with E-state index < -0.39 is 28.7 Å². The highest BCUT2D eigenvalue weighted by Gasteiger charge is 2.38. The fraction of sp³-hybridized carbons (Fsp3) is 0.304. The molecule has 1 aliphatic heterocycles. The third-order valence-electron chi connectivity index (χ3n) is 5.20. The van der Waals surface area contributed by atoms with Crippen LogP contribution in [0.2, 0.25) is 10.0 Å². The zero-order valence-corrected chi connectivity index (χ0v) is 19.3. The number of Topliss-reactive ketones (excluding diaryl/α,β-unsaturated/α-hetero) is 1. The van der Waals surface area contributed by atoms with Gasteiger partial charge in [0.1, 0.15) is 22.7 Å². The van der Waals surface area contributed by atoms with Crippen LogP contribution in [0.3, 0.4) is 0 Å². The molecule has 1 heterocycles. The van der Waals surface area contributed by atoms with E-state index in [1.807, 2.05) is 0 Å². The number of allylic oxidation sites excluding steroid dienone is 2. The van der Waals surface area contributed by atoms with Crippen LogP contribution in [0, 0.1) is 12.8 Å². The topological polar surface area (TPSA) is 54.4 Å². The van der Waals surface area contributed by atoms with Gasteiger partial charge in [-0.3, -0.25) is 9.59 Å². The van der Waals surface area contributed by atoms with Gasteiger partial charge in [0, 0.05) is 27.6 Å². The Morgan fingerprint density at radius 3 is 2.25 bits per heavy atom. The summed E-state index contributed by atoms with van der Waals surface area (Å²) >= 11 is 11.1. The number of hydrogen-bond donors (Lipinski definition) is 1. The maximum Gasteiger partial charge on any atom is 0.417 e. The van der Waals surface area contributed by atoms with Crippen LogP contribution in [-0.2, 0) is 11.2 Å². The second kappa shape index (κ2) is 10.00. The predicted molar refractivity (Wildman–Crippen MR) is 123 cm³/mol. The first kappa shape index (κ1) is 24.8. The van der Waals surface area contributed by atoms with Gasteiger partial charge < -0.3 is 0 Å². The van der Waals surface area contributed by atoms with Gasteiger partial charge in [0.2, 0.25) is 0 Å². The molecule has 1 saturated heterocycles. The Hall–Kier alpha value is -1.80. The second-order valence-electron chi connectivity index (χ2n) is 7.73. The number of aryl methyl sites for hydroxylation is 1. The summed E-state index contributed by atoms with van der Waals surface area (Å²) in [6.45, 7) is 1.64. The van der Waals surface area contributed by atoms with Crippen LogP contribution in [0.25, 0.3) is 5.57 Å². The van der Waals surface area contributed by atoms with Crippen molar-refractivity contribution in [2.75, 3.05) is 11.5 Å². The molecule has 0 radical (unpaired) electrons. The van der Waals surface area contributed by atoms with Gasteiger partial charge in [0.05, 0.1) is 11.5 Å². The lowest BCUT2D eigenvalue weighted by atomic mass is 9.94. The molecule has 1 N–H and O–H groups in total. The largest absolute Gasteiger partial charge is 0.417 e. The van der Waals surface area contributed by atoms with Crippen LogP contribution in [0.15, 0.2) is 42.5 Å². The van der Waals surface area contributed by atoms with Crippen molar-refractivity contribution in [3.8, 4) is 0 Å². The molecular formula is C23H20Cl2F3O3S+. The van der Waals surface area contributed by atoms with Gasteiger partial charge in [0.15, 0.2) is 11.6 Å². The Morgan fingerprint density at radius 2 is 1.72 bits per heavy atom. The number of rotatable bonds is 7. The summed E-state index contributed by atoms with van der Waals surface area (Å²) in [7, 11) is 0. The predicted octanol–water partition coefficient (Wildman–Crippen LogP) is 6.81. The van der Waals surface area contributed by atoms with Gasteiger partial charge in [-0.25, -0.2) is 0 Å². The summed E-state index contributed by atoms with van der Waals surface area (Å²) in [5, 5.41) is 0.0383. The fourth-order valence-corrected chi connectivity index (χ4v) is 5.36. The Kier molecular flexibility index (Phi) is 7.76. The number of ketones is 2. The summed E-state index contributed by atoms with van der Waals surface area (Å²) < 4.78 is 50.3. The van der Waals surface area contributed by atoms with Crippen molar-refractivity contribution < 1.29 is 27.3 Å². The molecule has 3 nitrogen and oxygen atoms in total. The van der Waals surface area contributed by atoms with Crippen molar-refractivity contribution in [1.29, 1.82) is 0 Å². The molecule has 0 spiro atoms. The SMILES string of the molecule is Cc1cc(C(=O)/C=C(\c2cc(Cl)cc(Cl)c2)C(F)(F)F)ccc1C(=O)CCC1C[S+](O)C1. The van der Waals surface area contributed by atoms with Crippen LogP contribution in [-0.4, -0.2) is 33.8 Å². The number of carbonyl (C=O) groups excluding carboxylic acids is 2. The second-order valence-corrected chi connectivity index (χ2v) is 10.2. The first-order chi connectivity index (χ1) is 14.9. The van der Waals surface area contributed by atoms with Gasteiger partial charge >= 0.3 is 6.18 Å². The molecule has 1 aliphatic rings. The quantitative estimate of drug-likeness (QED) is 0.256. The van der Waals surface area contributed by atoms with Gasteiger partial charge in [-0.05, 0) is 54.8 Å². The van der Waals surface area contributed by atoms with Crippen LogP contribution in [0.5, 0.6) is 0 Å². The van der Waals surface area contributed by atoms with Crippen LogP contribution < -0.4 is 0 Å². The normalized spacial score (nSPS) is 18.9. The molecular weight excluding hydrogens is 484 g/mol. The first-order valence-electron chi connectivity index (χ1n) is 9.74. The number of alkyl halides is 3. The van der Waals surface area contributed by atoms with Crippen LogP contribution >= 0.6 is 23.2 Å². The van der Waals surface area contributed by atoms with Crippen LogP contribution in [0.1, 0.15) is 44.7 Å². The van der Waals surface area contributed by atoms with Crippen molar-refractivity contribution in [2.24, 2.45) is 5.92 Å². The maximum atomic E-state index is 13.6. The molecule has 32 heavy (non-hydrogen) atoms. The highest BCUT2D eigenvalue weighted by Crippen LogP contribution is 2.36. The molecule has 3 rings (SSSR count). The molecule has 0 aromatic heterocycles. The number of benzene rings is 2. The standard InChI is InChI=1S/C23H20Cl2F3O3S/c1-13-6-15(3-4-19(13)21(29)5-2-14-11-32(31)12-14)22(30)10-20(23(26,27)28)16-7-17(24)9-18(25)8-16/h3-4,6-10,14,31H,2,5,11-12H2,1H3/q+1/b20-10+. The van der Waals surface area contributed by atoms with Crippen LogP contribution in [0.4, 0.5) is 13.2 Å². The van der Waals surface area contributed by atoms with E-state index in [2.05, 4.69) is 0 Å². The molecule has 2 aromatic rings. The number of carbonyl (C=O) groups is 2. The fourth-order valence-electron chi connectivity index (χ4n) is 3.51. The molecule has 2 aromatic carbocycles. The smallest absolute Gasteiger partial charge is 0.294 e. The van der Waals surface area contributed by atoms with Crippen molar-refractivity contribution >= 4 is 51.5 Å². The van der Waals surface area contributed by atoms with Gasteiger partial charge in [-0.2, -0.15) is 17.7 Å². The van der Waals surface area contributed by atoms with Gasteiger partial charge in [0.25, 0.3) is 0 Å². The van der Waals surface area contributed by atoms with E-state index in [9.17, 15) is 27.3 Å². The molecule has 0 unspecified atom stereocenters. The molecule has 0 amide bonds. The zero-order chi connectivity index (χ0) is 23.6. The monoisotopic (exact) mass is 503 g/mol. The van der Waals surface area contributed by atoms with E-state index in [1.54, 1.807) is 6.92 Å². The van der Waals surface area contributed by atoms with Crippen molar-refractivity contribution in [1.82, 2.24) is 0 Å². The molecule has 9 heteroatoms. The Labute approximate surface area is 196 Å². The molecule has 170 valence electrons. The molecule has 0 atom stereocenters. The maximum absolute atomic E-state index is 13.6. The van der Waals surface area contributed by atoms with E-state index in [4.69, 9.17) is 23.2 Å². The summed E-state index contributed by atoms with van der Waals surface area (Å²) in [5.41, 5.74) is -0.478. The number of hydrogen-bond acceptors (Lipinski definition) is 3. The minimum Gasteiger partial charge on any atom is -0.294 e. The van der Waals surface area contributed by atoms with Gasteiger partial charge in [-0.15, -0.1) is 0 Å². The first-order valence-corrected chi connectivity index (χ1v) is 12.0.